The number of nitrogens with one attached hydrogen (secondary N) is 1. The molecule has 174 valence electrons. The van der Waals surface area contributed by atoms with Crippen molar-refractivity contribution in [1.29, 1.82) is 0 Å². The van der Waals surface area contributed by atoms with Crippen LogP contribution in [0.5, 0.6) is 11.5 Å². The van der Waals surface area contributed by atoms with Crippen molar-refractivity contribution < 1.29 is 14.3 Å². The Bertz CT molecular complexity index is 1230. The SMILES string of the molecule is COc1ccccc1OCCNC(=O)CSc1nnc(-c2ccc(Cl)cc2)n1-c1ccccc1. The van der Waals surface area contributed by atoms with Crippen LogP contribution in [0.4, 0.5) is 0 Å². The van der Waals surface area contributed by atoms with Gasteiger partial charge in [-0.3, -0.25) is 9.36 Å². The molecule has 4 aromatic rings. The fourth-order valence-corrected chi connectivity index (χ4v) is 4.14. The summed E-state index contributed by atoms with van der Waals surface area (Å²) in [6.45, 7) is 0.705. The fraction of sp³-hybridized carbons (Fsp3) is 0.160. The Morgan fingerprint density at radius 3 is 2.41 bits per heavy atom. The molecule has 1 N–H and O–H groups in total. The first kappa shape index (κ1) is 23.7. The first-order valence-electron chi connectivity index (χ1n) is 10.6. The maximum atomic E-state index is 12.4. The van der Waals surface area contributed by atoms with Crippen LogP contribution in [0.2, 0.25) is 5.02 Å². The fourth-order valence-electron chi connectivity index (χ4n) is 3.23. The lowest BCUT2D eigenvalue weighted by molar-refractivity contribution is -0.118. The van der Waals surface area contributed by atoms with E-state index in [9.17, 15) is 4.79 Å². The summed E-state index contributed by atoms with van der Waals surface area (Å²) < 4.78 is 12.9. The Morgan fingerprint density at radius 1 is 0.971 bits per heavy atom. The minimum absolute atomic E-state index is 0.121. The third-order valence-corrected chi connectivity index (χ3v) is 6.01. The monoisotopic (exact) mass is 494 g/mol. The third kappa shape index (κ3) is 5.89. The van der Waals surface area contributed by atoms with Crippen LogP contribution in [0.25, 0.3) is 17.1 Å². The van der Waals surface area contributed by atoms with Crippen LogP contribution in [0.1, 0.15) is 0 Å². The second-order valence-electron chi connectivity index (χ2n) is 7.12. The predicted molar refractivity (Wildman–Crippen MR) is 134 cm³/mol. The standard InChI is InChI=1S/C25H23ClN4O3S/c1-32-21-9-5-6-10-22(21)33-16-15-27-23(31)17-34-25-29-28-24(18-11-13-19(26)14-12-18)30(25)20-7-3-2-4-8-20/h2-14H,15-17H2,1H3,(H,27,31). The number of benzene rings is 3. The topological polar surface area (TPSA) is 78.3 Å². The van der Waals surface area contributed by atoms with Crippen molar-refractivity contribution >= 4 is 29.3 Å². The minimum Gasteiger partial charge on any atom is -0.493 e. The van der Waals surface area contributed by atoms with Gasteiger partial charge in [0.05, 0.1) is 19.4 Å². The van der Waals surface area contributed by atoms with Crippen molar-refractivity contribution in [3.8, 4) is 28.6 Å². The van der Waals surface area contributed by atoms with Gasteiger partial charge in [0, 0.05) is 16.3 Å². The van der Waals surface area contributed by atoms with Crippen molar-refractivity contribution in [2.75, 3.05) is 26.0 Å². The maximum Gasteiger partial charge on any atom is 0.230 e. The Hall–Kier alpha value is -3.49. The van der Waals surface area contributed by atoms with E-state index < -0.39 is 0 Å². The number of methoxy groups -OCH3 is 1. The highest BCUT2D eigenvalue weighted by molar-refractivity contribution is 7.99. The molecule has 0 fully saturated rings. The highest BCUT2D eigenvalue weighted by Crippen LogP contribution is 2.29. The lowest BCUT2D eigenvalue weighted by atomic mass is 10.2. The van der Waals surface area contributed by atoms with Crippen LogP contribution in [-0.4, -0.2) is 46.7 Å². The van der Waals surface area contributed by atoms with E-state index in [1.54, 1.807) is 7.11 Å². The number of nitrogens with zero attached hydrogens (tertiary/aromatic N) is 3. The molecular formula is C25H23ClN4O3S. The first-order chi connectivity index (χ1) is 16.7. The molecule has 9 heteroatoms. The van der Waals surface area contributed by atoms with E-state index in [-0.39, 0.29) is 11.7 Å². The Kier molecular flexibility index (Phi) is 8.06. The molecule has 0 aliphatic rings. The third-order valence-electron chi connectivity index (χ3n) is 4.83. The van der Waals surface area contributed by atoms with E-state index in [0.717, 1.165) is 11.3 Å². The summed E-state index contributed by atoms with van der Waals surface area (Å²) in [6.07, 6.45) is 0. The number of amides is 1. The summed E-state index contributed by atoms with van der Waals surface area (Å²) in [4.78, 5) is 12.4. The average molecular weight is 495 g/mol. The second kappa shape index (κ2) is 11.6. The summed E-state index contributed by atoms with van der Waals surface area (Å²) >= 11 is 7.36. The van der Waals surface area contributed by atoms with E-state index in [0.29, 0.717) is 40.7 Å². The van der Waals surface area contributed by atoms with Gasteiger partial charge >= 0.3 is 0 Å². The molecule has 0 aliphatic carbocycles. The van der Waals surface area contributed by atoms with Crippen molar-refractivity contribution in [3.05, 3.63) is 83.9 Å². The van der Waals surface area contributed by atoms with E-state index in [2.05, 4.69) is 15.5 Å². The summed E-state index contributed by atoms with van der Waals surface area (Å²) in [5.41, 5.74) is 1.79. The normalized spacial score (nSPS) is 10.6. The number of rotatable bonds is 10. The van der Waals surface area contributed by atoms with Gasteiger partial charge in [-0.05, 0) is 48.5 Å². The molecule has 7 nitrogen and oxygen atoms in total. The van der Waals surface area contributed by atoms with Gasteiger partial charge in [0.1, 0.15) is 6.61 Å². The molecular weight excluding hydrogens is 472 g/mol. The molecule has 3 aromatic carbocycles. The van der Waals surface area contributed by atoms with E-state index in [4.69, 9.17) is 21.1 Å². The van der Waals surface area contributed by atoms with Crippen LogP contribution in [0.3, 0.4) is 0 Å². The predicted octanol–water partition coefficient (Wildman–Crippen LogP) is 4.88. The van der Waals surface area contributed by atoms with Crippen molar-refractivity contribution in [2.24, 2.45) is 0 Å². The van der Waals surface area contributed by atoms with Gasteiger partial charge in [-0.1, -0.05) is 53.7 Å². The lowest BCUT2D eigenvalue weighted by Crippen LogP contribution is -2.29. The number of carbonyl (C=O) groups excluding carboxylic acids is 1. The van der Waals surface area contributed by atoms with E-state index in [1.807, 2.05) is 83.4 Å². The van der Waals surface area contributed by atoms with E-state index in [1.165, 1.54) is 11.8 Å². The Labute approximate surface area is 207 Å². The molecule has 1 aromatic heterocycles. The molecule has 4 rings (SSSR count). The molecule has 0 saturated heterocycles. The minimum atomic E-state index is -0.121. The number of thioether (sulfide) groups is 1. The van der Waals surface area contributed by atoms with Crippen LogP contribution in [0.15, 0.2) is 84.0 Å². The number of aromatic nitrogens is 3. The number of hydrogen-bond donors (Lipinski definition) is 1. The zero-order chi connectivity index (χ0) is 23.8. The van der Waals surface area contributed by atoms with Crippen LogP contribution < -0.4 is 14.8 Å². The summed E-state index contributed by atoms with van der Waals surface area (Å²) in [5, 5.41) is 12.9. The van der Waals surface area contributed by atoms with Gasteiger partial charge in [0.25, 0.3) is 0 Å². The smallest absolute Gasteiger partial charge is 0.230 e. The van der Waals surface area contributed by atoms with Crippen molar-refractivity contribution in [1.82, 2.24) is 20.1 Å². The summed E-state index contributed by atoms with van der Waals surface area (Å²) in [7, 11) is 1.59. The molecule has 34 heavy (non-hydrogen) atoms. The zero-order valence-electron chi connectivity index (χ0n) is 18.5. The molecule has 0 spiro atoms. The average Bonchev–Trinajstić information content (AvgIpc) is 3.30. The van der Waals surface area contributed by atoms with Gasteiger partial charge < -0.3 is 14.8 Å². The molecule has 0 radical (unpaired) electrons. The van der Waals surface area contributed by atoms with Gasteiger partial charge in [-0.15, -0.1) is 10.2 Å². The number of hydrogen-bond acceptors (Lipinski definition) is 6. The molecule has 0 unspecified atom stereocenters. The molecule has 0 atom stereocenters. The maximum absolute atomic E-state index is 12.4. The molecule has 1 heterocycles. The summed E-state index contributed by atoms with van der Waals surface area (Å²) in [5.74, 6) is 2.04. The van der Waals surface area contributed by atoms with E-state index >= 15 is 0 Å². The molecule has 1 amide bonds. The number of para-hydroxylation sites is 3. The quantitative estimate of drug-likeness (QED) is 0.250. The highest BCUT2D eigenvalue weighted by Gasteiger charge is 2.17. The number of carbonyl (C=O) groups is 1. The Balaban J connectivity index is 1.38. The van der Waals surface area contributed by atoms with Gasteiger partial charge in [-0.2, -0.15) is 0 Å². The second-order valence-corrected chi connectivity index (χ2v) is 8.50. The Morgan fingerprint density at radius 2 is 1.68 bits per heavy atom. The van der Waals surface area contributed by atoms with Crippen molar-refractivity contribution in [3.63, 3.8) is 0 Å². The zero-order valence-corrected chi connectivity index (χ0v) is 20.1. The number of ether oxygens (including phenoxy) is 2. The van der Waals surface area contributed by atoms with Gasteiger partial charge in [0.2, 0.25) is 5.91 Å². The summed E-state index contributed by atoms with van der Waals surface area (Å²) in [6, 6.07) is 24.6. The number of halogens is 1. The molecule has 0 aliphatic heterocycles. The van der Waals surface area contributed by atoms with Crippen LogP contribution >= 0.6 is 23.4 Å². The van der Waals surface area contributed by atoms with Gasteiger partial charge in [-0.25, -0.2) is 0 Å². The lowest BCUT2D eigenvalue weighted by Gasteiger charge is -2.11. The van der Waals surface area contributed by atoms with Crippen molar-refractivity contribution in [2.45, 2.75) is 5.16 Å². The molecule has 0 bridgehead atoms. The first-order valence-corrected chi connectivity index (χ1v) is 11.9. The molecule has 0 saturated carbocycles. The van der Waals surface area contributed by atoms with Crippen LogP contribution in [0, 0.1) is 0 Å². The van der Waals surface area contributed by atoms with Gasteiger partial charge in [0.15, 0.2) is 22.5 Å². The highest BCUT2D eigenvalue weighted by atomic mass is 35.5. The largest absolute Gasteiger partial charge is 0.493 e. The van der Waals surface area contributed by atoms with Crippen LogP contribution in [-0.2, 0) is 4.79 Å².